The molecule has 0 saturated heterocycles. The lowest BCUT2D eigenvalue weighted by atomic mass is 10.2. The molecule has 0 aromatic heterocycles. The minimum Gasteiger partial charge on any atom is -0.491 e. The Kier molecular flexibility index (Phi) is 6.16. The largest absolute Gasteiger partial charge is 0.491 e. The van der Waals surface area contributed by atoms with Gasteiger partial charge in [0.05, 0.1) is 12.6 Å². The summed E-state index contributed by atoms with van der Waals surface area (Å²) < 4.78 is 10.8. The van der Waals surface area contributed by atoms with E-state index in [-0.39, 0.29) is 6.10 Å². The summed E-state index contributed by atoms with van der Waals surface area (Å²) >= 11 is 0. The number of hydrogen-bond acceptors (Lipinski definition) is 3. The van der Waals surface area contributed by atoms with Crippen LogP contribution in [0.4, 0.5) is 0 Å². The van der Waals surface area contributed by atoms with E-state index in [2.05, 4.69) is 11.8 Å². The van der Waals surface area contributed by atoms with E-state index in [0.717, 1.165) is 17.7 Å². The zero-order valence-electron chi connectivity index (χ0n) is 10.4. The smallest absolute Gasteiger partial charge is 0.120 e. The Balaban J connectivity index is 2.59. The average Bonchev–Trinajstić information content (AvgIpc) is 2.34. The van der Waals surface area contributed by atoms with Crippen molar-refractivity contribution in [1.29, 1.82) is 0 Å². The zero-order valence-corrected chi connectivity index (χ0v) is 10.4. The SMILES string of the molecule is COCCC(C)Oc1cccc(C#CCN)c1. The molecule has 17 heavy (non-hydrogen) atoms. The molecule has 1 rings (SSSR count). The molecule has 3 nitrogen and oxygen atoms in total. The Morgan fingerprint density at radius 1 is 1.41 bits per heavy atom. The van der Waals surface area contributed by atoms with Gasteiger partial charge in [-0.15, -0.1) is 0 Å². The first-order valence-corrected chi connectivity index (χ1v) is 5.71. The van der Waals surface area contributed by atoms with E-state index in [0.29, 0.717) is 13.2 Å². The molecule has 0 heterocycles. The molecule has 0 aliphatic heterocycles. The normalized spacial score (nSPS) is 11.5. The van der Waals surface area contributed by atoms with Gasteiger partial charge in [0.2, 0.25) is 0 Å². The molecule has 1 unspecified atom stereocenters. The molecule has 3 heteroatoms. The Morgan fingerprint density at radius 2 is 2.24 bits per heavy atom. The third-order valence-electron chi connectivity index (χ3n) is 2.23. The molecule has 0 bridgehead atoms. The third kappa shape index (κ3) is 5.39. The molecule has 1 atom stereocenters. The molecule has 0 aliphatic rings. The van der Waals surface area contributed by atoms with E-state index < -0.39 is 0 Å². The topological polar surface area (TPSA) is 44.5 Å². The average molecular weight is 233 g/mol. The number of rotatable bonds is 5. The molecular weight excluding hydrogens is 214 g/mol. The first-order chi connectivity index (χ1) is 8.26. The highest BCUT2D eigenvalue weighted by Crippen LogP contribution is 2.15. The first-order valence-electron chi connectivity index (χ1n) is 5.71. The molecule has 0 spiro atoms. The monoisotopic (exact) mass is 233 g/mol. The van der Waals surface area contributed by atoms with E-state index in [1.54, 1.807) is 7.11 Å². The molecule has 0 aliphatic carbocycles. The Morgan fingerprint density at radius 3 is 2.94 bits per heavy atom. The van der Waals surface area contributed by atoms with Crippen molar-refractivity contribution < 1.29 is 9.47 Å². The maximum atomic E-state index is 5.76. The van der Waals surface area contributed by atoms with Crippen molar-refractivity contribution in [3.8, 4) is 17.6 Å². The molecule has 1 aromatic rings. The first kappa shape index (κ1) is 13.6. The van der Waals surface area contributed by atoms with Gasteiger partial charge in [-0.2, -0.15) is 0 Å². The maximum absolute atomic E-state index is 5.76. The number of methoxy groups -OCH3 is 1. The molecule has 0 saturated carbocycles. The van der Waals surface area contributed by atoms with Crippen LogP contribution in [0.2, 0.25) is 0 Å². The minimum absolute atomic E-state index is 0.132. The Labute approximate surface area is 103 Å². The van der Waals surface area contributed by atoms with Crippen LogP contribution < -0.4 is 10.5 Å². The summed E-state index contributed by atoms with van der Waals surface area (Å²) in [6, 6.07) is 7.72. The van der Waals surface area contributed by atoms with Gasteiger partial charge in [-0.3, -0.25) is 0 Å². The van der Waals surface area contributed by atoms with Gasteiger partial charge in [0.1, 0.15) is 5.75 Å². The van der Waals surface area contributed by atoms with Crippen LogP contribution in [0.25, 0.3) is 0 Å². The van der Waals surface area contributed by atoms with Crippen molar-refractivity contribution in [2.24, 2.45) is 5.73 Å². The van der Waals surface area contributed by atoms with Crippen LogP contribution in [0.1, 0.15) is 18.9 Å². The van der Waals surface area contributed by atoms with Crippen LogP contribution in [0, 0.1) is 11.8 Å². The lowest BCUT2D eigenvalue weighted by molar-refractivity contribution is 0.135. The summed E-state index contributed by atoms with van der Waals surface area (Å²) in [5.41, 5.74) is 6.25. The van der Waals surface area contributed by atoms with Crippen LogP contribution >= 0.6 is 0 Å². The van der Waals surface area contributed by atoms with Gasteiger partial charge in [0, 0.05) is 25.7 Å². The summed E-state index contributed by atoms with van der Waals surface area (Å²) in [6.45, 7) is 3.10. The Bertz CT molecular complexity index is 393. The third-order valence-corrected chi connectivity index (χ3v) is 2.23. The second-order valence-corrected chi connectivity index (χ2v) is 3.74. The predicted octanol–water partition coefficient (Wildman–Crippen LogP) is 1.80. The van der Waals surface area contributed by atoms with Crippen molar-refractivity contribution in [3.05, 3.63) is 29.8 Å². The summed E-state index contributed by atoms with van der Waals surface area (Å²) in [6.07, 6.45) is 1.00. The molecule has 92 valence electrons. The number of nitrogens with two attached hydrogens (primary N) is 1. The van der Waals surface area contributed by atoms with Crippen LogP contribution in [-0.2, 0) is 4.74 Å². The quantitative estimate of drug-likeness (QED) is 0.789. The van der Waals surface area contributed by atoms with Gasteiger partial charge in [0.25, 0.3) is 0 Å². The van der Waals surface area contributed by atoms with Gasteiger partial charge >= 0.3 is 0 Å². The van der Waals surface area contributed by atoms with Crippen molar-refractivity contribution in [3.63, 3.8) is 0 Å². The number of ether oxygens (including phenoxy) is 2. The predicted molar refractivity (Wildman–Crippen MR) is 69.0 cm³/mol. The highest BCUT2D eigenvalue weighted by Gasteiger charge is 2.03. The van der Waals surface area contributed by atoms with Gasteiger partial charge in [0.15, 0.2) is 0 Å². The standard InChI is InChI=1S/C14H19NO2/c1-12(8-10-16-2)17-14-7-3-5-13(11-14)6-4-9-15/h3,5,7,11-12H,8-10,15H2,1-2H3. The fourth-order valence-electron chi connectivity index (χ4n) is 1.38. The second-order valence-electron chi connectivity index (χ2n) is 3.74. The van der Waals surface area contributed by atoms with Crippen LogP contribution in [0.5, 0.6) is 5.75 Å². The van der Waals surface area contributed by atoms with Crippen LogP contribution in [-0.4, -0.2) is 26.4 Å². The van der Waals surface area contributed by atoms with Crippen molar-refractivity contribution in [2.75, 3.05) is 20.3 Å². The highest BCUT2D eigenvalue weighted by atomic mass is 16.5. The van der Waals surface area contributed by atoms with E-state index in [1.165, 1.54) is 0 Å². The summed E-state index contributed by atoms with van der Waals surface area (Å²) in [5, 5.41) is 0. The van der Waals surface area contributed by atoms with E-state index in [9.17, 15) is 0 Å². The number of hydrogen-bond donors (Lipinski definition) is 1. The highest BCUT2D eigenvalue weighted by molar-refractivity contribution is 5.39. The molecule has 0 radical (unpaired) electrons. The lowest BCUT2D eigenvalue weighted by Crippen LogP contribution is -2.14. The van der Waals surface area contributed by atoms with Crippen LogP contribution in [0.15, 0.2) is 24.3 Å². The summed E-state index contributed by atoms with van der Waals surface area (Å²) in [4.78, 5) is 0. The lowest BCUT2D eigenvalue weighted by Gasteiger charge is -2.14. The van der Waals surface area contributed by atoms with Gasteiger partial charge in [-0.25, -0.2) is 0 Å². The van der Waals surface area contributed by atoms with Crippen LogP contribution in [0.3, 0.4) is 0 Å². The van der Waals surface area contributed by atoms with E-state index >= 15 is 0 Å². The summed E-state index contributed by atoms with van der Waals surface area (Å²) in [5.74, 6) is 6.63. The van der Waals surface area contributed by atoms with E-state index in [1.807, 2.05) is 31.2 Å². The molecule has 0 fully saturated rings. The van der Waals surface area contributed by atoms with Crippen molar-refractivity contribution in [1.82, 2.24) is 0 Å². The van der Waals surface area contributed by atoms with Crippen molar-refractivity contribution >= 4 is 0 Å². The molecule has 1 aromatic carbocycles. The van der Waals surface area contributed by atoms with E-state index in [4.69, 9.17) is 15.2 Å². The molecular formula is C14H19NO2. The Hall–Kier alpha value is -1.50. The minimum atomic E-state index is 0.132. The summed E-state index contributed by atoms with van der Waals surface area (Å²) in [7, 11) is 1.69. The van der Waals surface area contributed by atoms with Gasteiger partial charge < -0.3 is 15.2 Å². The fourth-order valence-corrected chi connectivity index (χ4v) is 1.38. The second kappa shape index (κ2) is 7.72. The molecule has 2 N–H and O–H groups in total. The maximum Gasteiger partial charge on any atom is 0.120 e. The zero-order chi connectivity index (χ0) is 12.5. The van der Waals surface area contributed by atoms with Gasteiger partial charge in [-0.05, 0) is 25.1 Å². The van der Waals surface area contributed by atoms with Crippen molar-refractivity contribution in [2.45, 2.75) is 19.4 Å². The van der Waals surface area contributed by atoms with Gasteiger partial charge in [-0.1, -0.05) is 17.9 Å². The number of benzene rings is 1. The molecule has 0 amide bonds. The fraction of sp³-hybridized carbons (Fsp3) is 0.429.